The number of thiophene rings is 4. The molecule has 8 saturated carbocycles. The van der Waals surface area contributed by atoms with Crippen molar-refractivity contribution in [1.82, 2.24) is 68.9 Å². The molecule has 20 rings (SSSR count). The number of nitriles is 2. The van der Waals surface area contributed by atoms with Gasteiger partial charge in [-0.2, -0.15) is 44.8 Å². The molecule has 11 aliphatic rings. The number of β-amino-alcohol motifs (C(OH)–C–C–N with tert-alkyl or cyclic N) is 1. The molecule has 3 saturated heterocycles. The minimum absolute atomic E-state index is 0.0962. The van der Waals surface area contributed by atoms with E-state index >= 15 is 0 Å². The number of nitrogens with two attached hydrogens (primary N) is 2. The topological polar surface area (TPSA) is 237 Å². The van der Waals surface area contributed by atoms with Gasteiger partial charge in [-0.25, -0.2) is 33.5 Å². The first-order valence-electron chi connectivity index (χ1n) is 45.0. The number of hydrogen-bond donors (Lipinski definition) is 4. The number of aromatic nitrogens is 10. The van der Waals surface area contributed by atoms with Crippen LogP contribution in [0.5, 0.6) is 0 Å². The van der Waals surface area contributed by atoms with Gasteiger partial charge < -0.3 is 26.4 Å². The zero-order chi connectivity index (χ0) is 95.7. The number of hydrogen-bond acceptors (Lipinski definition) is 18. The number of aryl methyl sites for hydroxylation is 10. The normalized spacial score (nSPS) is 21.6. The van der Waals surface area contributed by atoms with Gasteiger partial charge in [0.1, 0.15) is 11.8 Å². The lowest BCUT2D eigenvalue weighted by Crippen LogP contribution is -2.45. The summed E-state index contributed by atoms with van der Waals surface area (Å²) in [6, 6.07) is 21.9. The van der Waals surface area contributed by atoms with Crippen LogP contribution in [-0.4, -0.2) is 170 Å². The summed E-state index contributed by atoms with van der Waals surface area (Å²) in [6.45, 7) is 53.3. The zero-order valence-corrected chi connectivity index (χ0v) is 84.6. The lowest BCUT2D eigenvalue weighted by Gasteiger charge is -2.36. The van der Waals surface area contributed by atoms with Gasteiger partial charge in [0.2, 0.25) is 0 Å². The Morgan fingerprint density at radius 1 is 0.680 bits per heavy atom. The van der Waals surface area contributed by atoms with E-state index in [0.717, 1.165) is 138 Å². The minimum Gasteiger partial charge on any atom is -0.392 e. The summed E-state index contributed by atoms with van der Waals surface area (Å²) in [7, 11) is 6.32. The predicted octanol–water partition coefficient (Wildman–Crippen LogP) is 24.0. The highest BCUT2D eigenvalue weighted by Crippen LogP contribution is 2.48. The maximum Gasteiger partial charge on any atom is 0.333 e. The third-order valence-electron chi connectivity index (χ3n) is 21.5. The van der Waals surface area contributed by atoms with Gasteiger partial charge in [-0.1, -0.05) is 66.0 Å². The summed E-state index contributed by atoms with van der Waals surface area (Å²) in [5.74, 6) is -0.0486. The fourth-order valence-electron chi connectivity index (χ4n) is 10.6. The van der Waals surface area contributed by atoms with Crippen molar-refractivity contribution in [1.29, 1.82) is 10.5 Å². The second kappa shape index (κ2) is 56.7. The molecule has 0 aromatic carbocycles. The van der Waals surface area contributed by atoms with Crippen LogP contribution in [0, 0.1) is 132 Å². The number of aromatic amines is 1. The Morgan fingerprint density at radius 3 is 1.38 bits per heavy atom. The first kappa shape index (κ1) is 113. The molecule has 31 heteroatoms. The third kappa shape index (κ3) is 55.9. The van der Waals surface area contributed by atoms with Crippen molar-refractivity contribution in [2.75, 3.05) is 60.4 Å². The average molecular weight is 1880 g/mol. The summed E-state index contributed by atoms with van der Waals surface area (Å²) >= 11 is 12.8. The van der Waals surface area contributed by atoms with E-state index in [2.05, 4.69) is 204 Å². The molecule has 9 aromatic rings. The van der Waals surface area contributed by atoms with Crippen LogP contribution in [-0.2, 0) is 32.8 Å². The molecule has 0 bridgehead atoms. The van der Waals surface area contributed by atoms with Gasteiger partial charge in [0.05, 0.1) is 64.5 Å². The maximum atomic E-state index is 11.8. The molecular weight excluding hydrogens is 1720 g/mol. The molecule has 0 spiro atoms. The Bertz CT molecular complexity index is 4460. The molecule has 6 N–H and O–H groups in total. The predicted molar refractivity (Wildman–Crippen MR) is 519 cm³/mol. The van der Waals surface area contributed by atoms with Crippen LogP contribution in [0.2, 0.25) is 4.34 Å². The summed E-state index contributed by atoms with van der Waals surface area (Å²) < 4.78 is 76.8. The van der Waals surface area contributed by atoms with Crippen molar-refractivity contribution >= 4 is 56.9 Å². The third-order valence-corrected chi connectivity index (χ3v) is 25.6. The van der Waals surface area contributed by atoms with E-state index in [-0.39, 0.29) is 29.4 Å². The highest BCUT2D eigenvalue weighted by Gasteiger charge is 2.53. The van der Waals surface area contributed by atoms with Crippen LogP contribution < -0.4 is 11.5 Å². The number of halogens is 7. The van der Waals surface area contributed by atoms with Gasteiger partial charge in [0.25, 0.3) is 5.92 Å². The van der Waals surface area contributed by atoms with Crippen LogP contribution in [0.3, 0.4) is 0 Å². The Kier molecular flexibility index (Phi) is 50.2. The molecule has 12 heterocycles. The Labute approximate surface area is 784 Å². The van der Waals surface area contributed by atoms with Gasteiger partial charge in [-0.15, -0.1) is 45.3 Å². The molecule has 4 unspecified atom stereocenters. The van der Waals surface area contributed by atoms with Gasteiger partial charge in [0, 0.05) is 156 Å². The molecule has 9 aromatic heterocycles. The second-order valence-corrected chi connectivity index (χ2v) is 43.5. The smallest absolute Gasteiger partial charge is 0.333 e. The van der Waals surface area contributed by atoms with Crippen LogP contribution in [0.1, 0.15) is 241 Å². The monoisotopic (exact) mass is 1880 g/mol. The van der Waals surface area contributed by atoms with E-state index < -0.39 is 24.3 Å². The van der Waals surface area contributed by atoms with Gasteiger partial charge >= 0.3 is 13.2 Å². The summed E-state index contributed by atoms with van der Waals surface area (Å²) in [6.07, 6.45) is 32.1. The fraction of sp³-hybridized carbons (Fsp3) is 0.649. The highest BCUT2D eigenvalue weighted by atomic mass is 35.5. The van der Waals surface area contributed by atoms with E-state index in [1.165, 1.54) is 102 Å². The van der Waals surface area contributed by atoms with Crippen molar-refractivity contribution in [2.24, 2.45) is 51.9 Å². The number of alkyl halides is 6. The van der Waals surface area contributed by atoms with Gasteiger partial charge in [-0.3, -0.25) is 29.1 Å². The van der Waals surface area contributed by atoms with Crippen LogP contribution >= 0.6 is 56.9 Å². The van der Waals surface area contributed by atoms with Gasteiger partial charge in [-0.05, 0) is 293 Å². The molecule has 0 radical (unpaired) electrons. The summed E-state index contributed by atoms with van der Waals surface area (Å²) in [5.41, 5.74) is 18.4. The Hall–Kier alpha value is -7.09. The molecule has 3 aliphatic heterocycles. The number of aliphatic hydroxyl groups excluding tert-OH is 1. The van der Waals surface area contributed by atoms with Crippen molar-refractivity contribution in [3.05, 3.63) is 188 Å². The lowest BCUT2D eigenvalue weighted by molar-refractivity contribution is 0.0563. The Balaban J connectivity index is 0.000000288. The minimum atomic E-state index is -2.52. The number of nitrogens with zero attached hydrogens (tertiary/aromatic N) is 16. The van der Waals surface area contributed by atoms with E-state index in [9.17, 15) is 31.4 Å². The molecular formula is C97H152ClF6N19OS4. The second-order valence-electron chi connectivity index (χ2n) is 37.9. The number of H-pyrrole nitrogens is 1. The largest absolute Gasteiger partial charge is 0.392 e. The Morgan fingerprint density at radius 2 is 1.16 bits per heavy atom. The number of aliphatic hydroxyl groups is 1. The van der Waals surface area contributed by atoms with E-state index in [1.54, 1.807) is 49.2 Å². The van der Waals surface area contributed by atoms with E-state index in [1.807, 2.05) is 123 Å². The SMILES string of the molecule is CC1(C#N)CC1.CC1(C)CC1.CC1(F)CC1.CC1(N)CC1.CC1CC1.CCn1cc(C)cn1.C[C@@H]1CC1F.C[C@H]1CC1(F)F.C[C@H]1CC1C#N.Cc1ccc(CN2CCC(N)C2)s1.Cc1ccc(CN2CCC(O)C2)s1.Cc1ccc(Cl)s1.Cc1ccn(C(F)F)n1.Cc1cn[nH]c1.Cc1cnn(C2CN(C)C2)c1.Cc1csc(CN(C)C)c1.[C-]#[N+]Cn1cc(C)cn1. The maximum absolute atomic E-state index is 11.8. The van der Waals surface area contributed by atoms with Crippen molar-refractivity contribution in [2.45, 2.75) is 309 Å². The van der Waals surface area contributed by atoms with Crippen molar-refractivity contribution < 1.29 is 31.4 Å². The van der Waals surface area contributed by atoms with Crippen LogP contribution in [0.4, 0.5) is 26.3 Å². The highest BCUT2D eigenvalue weighted by molar-refractivity contribution is 7.16. The van der Waals surface area contributed by atoms with Crippen molar-refractivity contribution in [3.63, 3.8) is 0 Å². The lowest BCUT2D eigenvalue weighted by atomic mass is 10.1. The molecule has 0 amide bonds. The van der Waals surface area contributed by atoms with E-state index in [4.69, 9.17) is 40.2 Å². The number of likely N-dealkylation sites (tertiary alicyclic amines) is 3. The zero-order valence-electron chi connectivity index (χ0n) is 80.6. The van der Waals surface area contributed by atoms with E-state index in [0.29, 0.717) is 46.9 Å². The quantitative estimate of drug-likeness (QED) is 0.0736. The molecule has 714 valence electrons. The van der Waals surface area contributed by atoms with Crippen molar-refractivity contribution in [3.8, 4) is 12.1 Å². The summed E-state index contributed by atoms with van der Waals surface area (Å²) in [5, 5.41) is 50.0. The standard InChI is InChI=1S/C10H16N2S.C10H15NOS.C8H13N3.C8H13NS.C6H7N3.C6H10N2.C5H5ClS.C5H6F2N2.2C5H7N.C5H10.C4H6F2.2C4H7F.C4H6N2.C4H9N.C4H8/c1-8-2-3-10(13-8)7-12-5-4-9(11)6-12;1-8-2-3-10(13-8)7-11-5-4-9(12)6-11;1-7-3-9-11(4-7)8-5-10(2)6-8;1-7-4-8(10-6-7)5-9(2)3;1-6-3-8-9(4-6)5-7-2;1-3-8-5-6(2)4-7-8;1-4-2-3-5(6)7-4;1-4-2-3-9(8-4)5(6)7;1-4-2-5(4)3-6;1-5(4-6)2-3-5;1-5(2)3-4-5;1-3-2-4(3,5)6;1-4(5)2-3-4;1-3-2-4(3)5;1-4-2-5-6-3-4;1-4(5)2-3-4;1-4-2-3-4/h2-3,9H,4-7,11H2,1H3;2-3,9,12H,4-7H2,1H3;3-4,8H,5-6H2,1-2H3;4,6H,5H2,1-3H3;3-4H,5H2,1H3;4-5H,3H2,1-2H3;2-3H,1H3;2-3,5H,1H3;4-5H,2H2,1H3;2-3H2,1H3;3-4H2,1-2H3;3H,2H2,1H3;2-3H2,1H3;3-4H,2H2,1H3;2-3H,1H3,(H,5,6);2-3,5H2,1H3;4H,2-3H2,1H3/t;;;;;;;;4-,5?;;;3-;;3-,4?;;;/m........0..0.1.../s1. The first-order valence-corrected chi connectivity index (χ1v) is 48.7. The summed E-state index contributed by atoms with van der Waals surface area (Å²) in [4.78, 5) is 20.8. The number of likely N-dealkylation sites (N-methyl/N-ethyl adjacent to an activating group) is 1. The number of nitrogens with one attached hydrogen (secondary N) is 1. The average Bonchev–Trinajstić information content (AvgIpc) is 1.77. The van der Waals surface area contributed by atoms with Gasteiger partial charge in [0.15, 0.2) is 0 Å². The van der Waals surface area contributed by atoms with Crippen LogP contribution in [0.15, 0.2) is 110 Å². The molecule has 7 atom stereocenters. The molecule has 20 nitrogen and oxygen atoms in total. The van der Waals surface area contributed by atoms with Crippen LogP contribution in [0.25, 0.3) is 4.85 Å². The fourth-order valence-corrected chi connectivity index (χ4v) is 14.5. The molecule has 8 aliphatic carbocycles. The molecule has 11 fully saturated rings. The number of rotatable bonds is 10. The first-order chi connectivity index (χ1) is 60.0. The molecule has 128 heavy (non-hydrogen) atoms.